The van der Waals surface area contributed by atoms with E-state index in [-0.39, 0.29) is 0 Å². The van der Waals surface area contributed by atoms with Crippen LogP contribution in [-0.4, -0.2) is 15.2 Å². The number of nitrogens with two attached hydrogens (primary N) is 1. The van der Waals surface area contributed by atoms with Crippen LogP contribution in [0.4, 0.5) is 5.13 Å². The van der Waals surface area contributed by atoms with Gasteiger partial charge in [0, 0.05) is 12.4 Å². The van der Waals surface area contributed by atoms with Gasteiger partial charge in [0.1, 0.15) is 0 Å². The van der Waals surface area contributed by atoms with Gasteiger partial charge in [-0.1, -0.05) is 11.3 Å². The SMILES string of the molecule is Nc1ncc(-c2ccn[nH]2)s1. The minimum Gasteiger partial charge on any atom is -0.375 e. The van der Waals surface area contributed by atoms with Crippen molar-refractivity contribution in [3.05, 3.63) is 18.5 Å². The first kappa shape index (κ1) is 6.36. The number of H-pyrrole nitrogens is 1. The largest absolute Gasteiger partial charge is 0.375 e. The third-order valence-corrected chi connectivity index (χ3v) is 2.15. The number of anilines is 1. The van der Waals surface area contributed by atoms with E-state index < -0.39 is 0 Å². The molecule has 2 aromatic heterocycles. The Morgan fingerprint density at radius 3 is 3.00 bits per heavy atom. The molecule has 11 heavy (non-hydrogen) atoms. The van der Waals surface area contributed by atoms with Crippen molar-refractivity contribution >= 4 is 16.5 Å². The van der Waals surface area contributed by atoms with Gasteiger partial charge >= 0.3 is 0 Å². The fourth-order valence-electron chi connectivity index (χ4n) is 0.805. The van der Waals surface area contributed by atoms with Crippen molar-refractivity contribution in [1.82, 2.24) is 15.2 Å². The van der Waals surface area contributed by atoms with Crippen molar-refractivity contribution in [1.29, 1.82) is 0 Å². The predicted octanol–water partition coefficient (Wildman–Crippen LogP) is 1.12. The van der Waals surface area contributed by atoms with Gasteiger partial charge in [-0.25, -0.2) is 4.98 Å². The summed E-state index contributed by atoms with van der Waals surface area (Å²) in [6, 6.07) is 1.88. The Bertz CT molecular complexity index is 337. The number of aromatic nitrogens is 3. The molecule has 0 saturated heterocycles. The van der Waals surface area contributed by atoms with Crippen LogP contribution in [-0.2, 0) is 0 Å². The van der Waals surface area contributed by atoms with Crippen molar-refractivity contribution < 1.29 is 0 Å². The van der Waals surface area contributed by atoms with Crippen molar-refractivity contribution in [2.75, 3.05) is 5.73 Å². The molecule has 0 saturated carbocycles. The second-order valence-corrected chi connectivity index (χ2v) is 3.10. The van der Waals surface area contributed by atoms with Gasteiger partial charge in [0.25, 0.3) is 0 Å². The van der Waals surface area contributed by atoms with Crippen LogP contribution in [0.3, 0.4) is 0 Å². The zero-order chi connectivity index (χ0) is 7.68. The summed E-state index contributed by atoms with van der Waals surface area (Å²) in [6.45, 7) is 0. The lowest BCUT2D eigenvalue weighted by atomic mass is 10.4. The van der Waals surface area contributed by atoms with Crippen molar-refractivity contribution in [2.24, 2.45) is 0 Å². The molecule has 0 radical (unpaired) electrons. The van der Waals surface area contributed by atoms with Gasteiger partial charge < -0.3 is 5.73 Å². The number of hydrogen-bond acceptors (Lipinski definition) is 4. The molecule has 0 fully saturated rings. The highest BCUT2D eigenvalue weighted by Gasteiger charge is 2.01. The van der Waals surface area contributed by atoms with Crippen LogP contribution in [0, 0.1) is 0 Å². The quantitative estimate of drug-likeness (QED) is 0.667. The summed E-state index contributed by atoms with van der Waals surface area (Å²) >= 11 is 1.44. The lowest BCUT2D eigenvalue weighted by Crippen LogP contribution is -1.77. The minimum absolute atomic E-state index is 0.578. The normalized spacial score (nSPS) is 10.2. The molecular weight excluding hydrogens is 160 g/mol. The summed E-state index contributed by atoms with van der Waals surface area (Å²) in [5, 5.41) is 7.23. The first-order valence-electron chi connectivity index (χ1n) is 3.07. The fraction of sp³-hybridized carbons (Fsp3) is 0. The Morgan fingerprint density at radius 2 is 2.45 bits per heavy atom. The third-order valence-electron chi connectivity index (χ3n) is 1.29. The Morgan fingerprint density at radius 1 is 1.55 bits per heavy atom. The number of thiazole rings is 1. The maximum Gasteiger partial charge on any atom is 0.180 e. The molecule has 4 nitrogen and oxygen atoms in total. The summed E-state index contributed by atoms with van der Waals surface area (Å²) in [5.41, 5.74) is 6.42. The molecule has 0 bridgehead atoms. The zero-order valence-corrected chi connectivity index (χ0v) is 6.43. The molecule has 0 spiro atoms. The third kappa shape index (κ3) is 1.10. The molecule has 0 aliphatic carbocycles. The van der Waals surface area contributed by atoms with Gasteiger partial charge in [0.15, 0.2) is 5.13 Å². The van der Waals surface area contributed by atoms with Gasteiger partial charge in [-0.15, -0.1) is 0 Å². The summed E-state index contributed by atoms with van der Waals surface area (Å²) < 4.78 is 0. The van der Waals surface area contributed by atoms with Crippen LogP contribution in [0.15, 0.2) is 18.5 Å². The number of nitrogen functional groups attached to an aromatic ring is 1. The summed E-state index contributed by atoms with van der Waals surface area (Å²) in [6.07, 6.45) is 3.43. The van der Waals surface area contributed by atoms with E-state index in [1.807, 2.05) is 6.07 Å². The Hall–Kier alpha value is -1.36. The molecular formula is C6H6N4S. The van der Waals surface area contributed by atoms with Crippen molar-refractivity contribution in [3.63, 3.8) is 0 Å². The van der Waals surface area contributed by atoms with E-state index in [4.69, 9.17) is 5.73 Å². The Balaban J connectivity index is 2.45. The first-order valence-corrected chi connectivity index (χ1v) is 3.89. The zero-order valence-electron chi connectivity index (χ0n) is 5.61. The fourth-order valence-corrected chi connectivity index (χ4v) is 1.47. The van der Waals surface area contributed by atoms with E-state index in [0.717, 1.165) is 10.6 Å². The Labute approximate surface area is 67.1 Å². The molecule has 0 amide bonds. The average molecular weight is 166 g/mol. The number of nitrogens with one attached hydrogen (secondary N) is 1. The van der Waals surface area contributed by atoms with E-state index in [9.17, 15) is 0 Å². The van der Waals surface area contributed by atoms with Crippen molar-refractivity contribution in [2.45, 2.75) is 0 Å². The molecule has 2 rings (SSSR count). The predicted molar refractivity (Wildman–Crippen MR) is 44.1 cm³/mol. The standard InChI is InChI=1S/C6H6N4S/c7-6-8-3-5(11-6)4-1-2-9-10-4/h1-3H,(H2,7,8)(H,9,10). The smallest absolute Gasteiger partial charge is 0.180 e. The number of rotatable bonds is 1. The van der Waals surface area contributed by atoms with E-state index in [2.05, 4.69) is 15.2 Å². The highest BCUT2D eigenvalue weighted by atomic mass is 32.1. The van der Waals surface area contributed by atoms with Gasteiger partial charge in [0.2, 0.25) is 0 Å². The summed E-state index contributed by atoms with van der Waals surface area (Å²) in [4.78, 5) is 4.94. The van der Waals surface area contributed by atoms with E-state index in [1.54, 1.807) is 12.4 Å². The van der Waals surface area contributed by atoms with E-state index in [0.29, 0.717) is 5.13 Å². The molecule has 2 aromatic rings. The van der Waals surface area contributed by atoms with Crippen LogP contribution in [0.5, 0.6) is 0 Å². The van der Waals surface area contributed by atoms with Crippen LogP contribution in [0.25, 0.3) is 10.6 Å². The monoisotopic (exact) mass is 166 g/mol. The molecule has 5 heteroatoms. The summed E-state index contributed by atoms with van der Waals surface area (Å²) in [5.74, 6) is 0. The lowest BCUT2D eigenvalue weighted by molar-refractivity contribution is 1.10. The maximum absolute atomic E-state index is 5.46. The van der Waals surface area contributed by atoms with E-state index in [1.165, 1.54) is 11.3 Å². The van der Waals surface area contributed by atoms with Crippen LogP contribution in [0.1, 0.15) is 0 Å². The first-order chi connectivity index (χ1) is 5.36. The number of aromatic amines is 1. The van der Waals surface area contributed by atoms with Gasteiger partial charge in [-0.05, 0) is 6.07 Å². The second kappa shape index (κ2) is 2.35. The molecule has 0 atom stereocenters. The van der Waals surface area contributed by atoms with Crippen LogP contribution in [0.2, 0.25) is 0 Å². The second-order valence-electron chi connectivity index (χ2n) is 2.03. The average Bonchev–Trinajstić information content (AvgIpc) is 2.55. The molecule has 0 aromatic carbocycles. The van der Waals surface area contributed by atoms with Gasteiger partial charge in [-0.2, -0.15) is 5.10 Å². The molecule has 0 aliphatic heterocycles. The highest BCUT2D eigenvalue weighted by Crippen LogP contribution is 2.24. The molecule has 0 aliphatic rings. The van der Waals surface area contributed by atoms with Gasteiger partial charge in [0.05, 0.1) is 10.6 Å². The topological polar surface area (TPSA) is 67.6 Å². The lowest BCUT2D eigenvalue weighted by Gasteiger charge is -1.84. The maximum atomic E-state index is 5.46. The highest BCUT2D eigenvalue weighted by molar-refractivity contribution is 7.18. The van der Waals surface area contributed by atoms with E-state index >= 15 is 0 Å². The number of nitrogens with zero attached hydrogens (tertiary/aromatic N) is 2. The van der Waals surface area contributed by atoms with Gasteiger partial charge in [-0.3, -0.25) is 5.10 Å². The van der Waals surface area contributed by atoms with Crippen LogP contribution < -0.4 is 5.73 Å². The number of hydrogen-bond donors (Lipinski definition) is 2. The van der Waals surface area contributed by atoms with Crippen molar-refractivity contribution in [3.8, 4) is 10.6 Å². The molecule has 3 N–H and O–H groups in total. The summed E-state index contributed by atoms with van der Waals surface area (Å²) in [7, 11) is 0. The molecule has 56 valence electrons. The minimum atomic E-state index is 0.578. The molecule has 0 unspecified atom stereocenters. The Kier molecular flexibility index (Phi) is 1.36. The van der Waals surface area contributed by atoms with Crippen LogP contribution >= 0.6 is 11.3 Å². The molecule has 2 heterocycles.